The molecule has 0 spiro atoms. The van der Waals surface area contributed by atoms with Gasteiger partial charge in [-0.15, -0.1) is 0 Å². The van der Waals surface area contributed by atoms with Gasteiger partial charge < -0.3 is 89.9 Å². The van der Waals surface area contributed by atoms with Crippen molar-refractivity contribution in [1.29, 1.82) is 0 Å². The van der Waals surface area contributed by atoms with E-state index in [9.17, 15) is 61.0 Å². The minimum absolute atomic E-state index is 0.234. The fourth-order valence-corrected chi connectivity index (χ4v) is 13.7. The summed E-state index contributed by atoms with van der Waals surface area (Å²) >= 11 is 0. The van der Waals surface area contributed by atoms with Gasteiger partial charge in [-0.25, -0.2) is 0 Å². The molecule has 0 aliphatic carbocycles. The topological polar surface area (TPSA) is 307 Å². The van der Waals surface area contributed by atoms with Crippen LogP contribution in [0.25, 0.3) is 0 Å². The molecule has 17 atom stereocenters. The maximum absolute atomic E-state index is 13.5. The van der Waals surface area contributed by atoms with Gasteiger partial charge in [0.2, 0.25) is 5.91 Å². The Labute approximate surface area is 563 Å². The summed E-state index contributed by atoms with van der Waals surface area (Å²) in [6.07, 6.45) is 36.3. The molecule has 19 nitrogen and oxygen atoms in total. The lowest BCUT2D eigenvalue weighted by atomic mass is 9.96. The smallest absolute Gasteiger partial charge is 0.220 e. The number of hydrogen-bond donors (Lipinski definition) is 12. The molecule has 3 aliphatic heterocycles. The number of rotatable bonds is 62. The average Bonchev–Trinajstić information content (AvgIpc) is 0.900. The molecule has 12 N–H and O–H groups in total. The molecule has 19 heteroatoms. The highest BCUT2D eigenvalue weighted by atomic mass is 16.8. The molecule has 17 unspecified atom stereocenters. The van der Waals surface area contributed by atoms with E-state index in [-0.39, 0.29) is 18.9 Å². The SMILES string of the molecule is CCCCCCCCCCCCCCCCCCCCCCCCCCCCCCCCCC(=O)NC(COC1OC(CO)C(OC2OC(CO)C(OC3OC(CO)C(O)C(O)C3O)C(O)C2O)C(O)C1O)C(O)CCCCCCCCCCCCCCCCCCC. The summed E-state index contributed by atoms with van der Waals surface area (Å²) < 4.78 is 34.5. The van der Waals surface area contributed by atoms with Gasteiger partial charge in [0.25, 0.3) is 0 Å². The Kier molecular flexibility index (Phi) is 52.3. The second-order valence-corrected chi connectivity index (χ2v) is 28.2. The van der Waals surface area contributed by atoms with Crippen molar-refractivity contribution in [3.63, 3.8) is 0 Å². The van der Waals surface area contributed by atoms with Crippen LogP contribution in [0.15, 0.2) is 0 Å². The molecule has 0 aromatic heterocycles. The summed E-state index contributed by atoms with van der Waals surface area (Å²) in [5.74, 6) is -0.234. The van der Waals surface area contributed by atoms with Crippen LogP contribution >= 0.6 is 0 Å². The average molecular weight is 1330 g/mol. The maximum Gasteiger partial charge on any atom is 0.220 e. The van der Waals surface area contributed by atoms with E-state index in [1.807, 2.05) is 0 Å². The van der Waals surface area contributed by atoms with Gasteiger partial charge in [-0.1, -0.05) is 316 Å². The number of amides is 1. The number of unbranched alkanes of at least 4 members (excludes halogenated alkanes) is 46. The first kappa shape index (κ1) is 86.0. The summed E-state index contributed by atoms with van der Waals surface area (Å²) in [7, 11) is 0. The van der Waals surface area contributed by atoms with Crippen LogP contribution in [0.1, 0.15) is 335 Å². The predicted octanol–water partition coefficient (Wildman–Crippen LogP) is 11.8. The minimum atomic E-state index is -1.97. The Hall–Kier alpha value is -1.21. The predicted molar refractivity (Wildman–Crippen MR) is 365 cm³/mol. The van der Waals surface area contributed by atoms with E-state index in [2.05, 4.69) is 19.2 Å². The van der Waals surface area contributed by atoms with Crippen molar-refractivity contribution in [2.24, 2.45) is 0 Å². The quantitative estimate of drug-likeness (QED) is 0.0252. The third-order valence-corrected chi connectivity index (χ3v) is 19.9. The Bertz CT molecular complexity index is 1690. The second-order valence-electron chi connectivity index (χ2n) is 28.2. The molecule has 0 saturated carbocycles. The van der Waals surface area contributed by atoms with Gasteiger partial charge in [-0.05, 0) is 12.8 Å². The Balaban J connectivity index is 1.35. The molecule has 552 valence electrons. The fraction of sp³-hybridized carbons (Fsp3) is 0.986. The van der Waals surface area contributed by atoms with Gasteiger partial charge in [0, 0.05) is 6.42 Å². The first-order valence-corrected chi connectivity index (χ1v) is 38.8. The van der Waals surface area contributed by atoms with Gasteiger partial charge in [0.15, 0.2) is 18.9 Å². The molecule has 3 fully saturated rings. The van der Waals surface area contributed by atoms with Crippen LogP contribution in [0.3, 0.4) is 0 Å². The molecule has 3 saturated heterocycles. The summed E-state index contributed by atoms with van der Waals surface area (Å²) in [5.41, 5.74) is 0. The highest BCUT2D eigenvalue weighted by molar-refractivity contribution is 5.76. The lowest BCUT2D eigenvalue weighted by Gasteiger charge is -2.48. The molecule has 3 aliphatic rings. The minimum Gasteiger partial charge on any atom is -0.394 e. The van der Waals surface area contributed by atoms with E-state index in [0.717, 1.165) is 44.9 Å². The summed E-state index contributed by atoms with van der Waals surface area (Å²) in [6.45, 7) is 1.86. The van der Waals surface area contributed by atoms with Crippen molar-refractivity contribution in [3.8, 4) is 0 Å². The van der Waals surface area contributed by atoms with Gasteiger partial charge in [0.1, 0.15) is 73.2 Å². The van der Waals surface area contributed by atoms with Crippen LogP contribution in [0.5, 0.6) is 0 Å². The van der Waals surface area contributed by atoms with Crippen LogP contribution in [-0.2, 0) is 33.2 Å². The van der Waals surface area contributed by atoms with Crippen LogP contribution in [0.4, 0.5) is 0 Å². The van der Waals surface area contributed by atoms with Crippen molar-refractivity contribution < 1.29 is 89.4 Å². The first-order valence-electron chi connectivity index (χ1n) is 38.8. The number of carbonyl (C=O) groups is 1. The van der Waals surface area contributed by atoms with Gasteiger partial charge >= 0.3 is 0 Å². The number of hydrogen-bond acceptors (Lipinski definition) is 18. The molecule has 0 aromatic rings. The number of ether oxygens (including phenoxy) is 6. The molecular weight excluding hydrogens is 1190 g/mol. The molecule has 3 heterocycles. The second kappa shape index (κ2) is 56.5. The normalized spacial score (nSPS) is 27.4. The molecule has 3 rings (SSSR count). The monoisotopic (exact) mass is 1330 g/mol. The van der Waals surface area contributed by atoms with Crippen molar-refractivity contribution in [2.45, 2.75) is 439 Å². The third kappa shape index (κ3) is 37.7. The van der Waals surface area contributed by atoms with Crippen LogP contribution in [-0.4, -0.2) is 193 Å². The zero-order valence-electron chi connectivity index (χ0n) is 58.8. The van der Waals surface area contributed by atoms with Crippen molar-refractivity contribution in [2.75, 3.05) is 26.4 Å². The molecule has 93 heavy (non-hydrogen) atoms. The van der Waals surface area contributed by atoms with E-state index >= 15 is 0 Å². The van der Waals surface area contributed by atoms with E-state index in [0.29, 0.717) is 12.8 Å². The maximum atomic E-state index is 13.5. The zero-order valence-corrected chi connectivity index (χ0v) is 58.8. The Morgan fingerprint density at radius 1 is 0.344 bits per heavy atom. The van der Waals surface area contributed by atoms with Gasteiger partial charge in [0.05, 0.1) is 38.6 Å². The molecule has 0 radical (unpaired) electrons. The lowest BCUT2D eigenvalue weighted by Crippen LogP contribution is -2.66. The summed E-state index contributed by atoms with van der Waals surface area (Å²) in [6, 6.07) is -0.882. The van der Waals surface area contributed by atoms with E-state index in [4.69, 9.17) is 28.4 Å². The number of aliphatic hydroxyl groups excluding tert-OH is 11. The highest BCUT2D eigenvalue weighted by Gasteiger charge is 2.54. The zero-order chi connectivity index (χ0) is 67.5. The van der Waals surface area contributed by atoms with Crippen molar-refractivity contribution in [3.05, 3.63) is 0 Å². The highest BCUT2D eigenvalue weighted by Crippen LogP contribution is 2.33. The summed E-state index contributed by atoms with van der Waals surface area (Å²) in [4.78, 5) is 13.5. The molecule has 1 amide bonds. The number of aliphatic hydroxyl groups is 11. The van der Waals surface area contributed by atoms with E-state index in [1.54, 1.807) is 0 Å². The standard InChI is InChI=1S/C74H143NO18/c1-3-5-7-9-11-13-15-17-19-21-22-23-24-25-26-27-28-29-30-31-32-33-34-36-38-40-42-44-46-48-50-52-62(80)75-57(58(79)51-49-47-45-43-41-39-37-35-20-18-16-14-12-10-8-6-4-2)56-88-72-68(86)65(83)70(60(54-77)90-72)93-74-69(87)66(84)71(61(55-78)91-74)92-73-67(85)64(82)63(81)59(53-76)89-73/h57-61,63-74,76-79,81-87H,3-56H2,1-2H3,(H,75,80). The molecule has 0 aromatic carbocycles. The van der Waals surface area contributed by atoms with Crippen molar-refractivity contribution in [1.82, 2.24) is 5.32 Å². The fourth-order valence-electron chi connectivity index (χ4n) is 13.7. The van der Waals surface area contributed by atoms with Crippen LogP contribution in [0.2, 0.25) is 0 Å². The van der Waals surface area contributed by atoms with E-state index in [1.165, 1.54) is 257 Å². The molecular formula is C74H143NO18. The Morgan fingerprint density at radius 2 is 0.613 bits per heavy atom. The first-order chi connectivity index (χ1) is 45.3. The largest absolute Gasteiger partial charge is 0.394 e. The third-order valence-electron chi connectivity index (χ3n) is 19.9. The van der Waals surface area contributed by atoms with Crippen LogP contribution in [0, 0.1) is 0 Å². The summed E-state index contributed by atoms with van der Waals surface area (Å²) in [5, 5.41) is 121. The molecule has 0 bridgehead atoms. The number of carbonyl (C=O) groups excluding carboxylic acids is 1. The Morgan fingerprint density at radius 3 is 0.935 bits per heavy atom. The van der Waals surface area contributed by atoms with Gasteiger partial charge in [-0.2, -0.15) is 0 Å². The van der Waals surface area contributed by atoms with E-state index < -0.39 is 124 Å². The van der Waals surface area contributed by atoms with Crippen molar-refractivity contribution >= 4 is 5.91 Å². The lowest BCUT2D eigenvalue weighted by molar-refractivity contribution is -0.379. The van der Waals surface area contributed by atoms with Crippen LogP contribution < -0.4 is 5.32 Å². The van der Waals surface area contributed by atoms with Gasteiger partial charge in [-0.3, -0.25) is 4.79 Å². The number of nitrogens with one attached hydrogen (secondary N) is 1.